The maximum absolute atomic E-state index is 12.6. The van der Waals surface area contributed by atoms with Crippen molar-refractivity contribution in [2.45, 2.75) is 39.2 Å². The summed E-state index contributed by atoms with van der Waals surface area (Å²) >= 11 is 12.1. The molecule has 1 N–H and O–H groups in total. The minimum Gasteiger partial charge on any atom is -0.326 e. The number of hydrogen-bond acceptors (Lipinski definition) is 2. The predicted octanol–water partition coefficient (Wildman–Crippen LogP) is 5.97. The Balaban J connectivity index is 1.49. The zero-order valence-electron chi connectivity index (χ0n) is 15.8. The molecule has 0 saturated carbocycles. The van der Waals surface area contributed by atoms with E-state index in [1.54, 1.807) is 0 Å². The van der Waals surface area contributed by atoms with E-state index in [2.05, 4.69) is 36.2 Å². The van der Waals surface area contributed by atoms with E-state index < -0.39 is 0 Å². The van der Waals surface area contributed by atoms with Crippen LogP contribution in [0, 0.1) is 5.92 Å². The smallest absolute Gasteiger partial charge is 0.227 e. The number of likely N-dealkylation sites (tertiary alicyclic amines) is 1. The highest BCUT2D eigenvalue weighted by molar-refractivity contribution is 6.42. The van der Waals surface area contributed by atoms with Crippen molar-refractivity contribution in [3.05, 3.63) is 63.6 Å². The molecular weight excluding hydrogens is 379 g/mol. The molecule has 0 bridgehead atoms. The Hall–Kier alpha value is -1.55. The molecule has 5 heteroatoms. The molecule has 0 radical (unpaired) electrons. The predicted molar refractivity (Wildman–Crippen MR) is 114 cm³/mol. The molecule has 2 aromatic carbocycles. The molecule has 3 nitrogen and oxygen atoms in total. The summed E-state index contributed by atoms with van der Waals surface area (Å²) in [5.41, 5.74) is 3.31. The summed E-state index contributed by atoms with van der Waals surface area (Å²) in [5, 5.41) is 4.24. The van der Waals surface area contributed by atoms with Gasteiger partial charge in [-0.15, -0.1) is 0 Å². The minimum atomic E-state index is 0.0693. The van der Waals surface area contributed by atoms with Crippen molar-refractivity contribution in [3.8, 4) is 0 Å². The van der Waals surface area contributed by atoms with Crippen LogP contribution in [0.1, 0.15) is 43.7 Å². The van der Waals surface area contributed by atoms with Gasteiger partial charge in [0.15, 0.2) is 0 Å². The number of benzene rings is 2. The van der Waals surface area contributed by atoms with Gasteiger partial charge in [-0.2, -0.15) is 0 Å². The second-order valence-corrected chi connectivity index (χ2v) is 8.38. The maximum Gasteiger partial charge on any atom is 0.227 e. The van der Waals surface area contributed by atoms with E-state index in [1.807, 2.05) is 30.3 Å². The zero-order valence-corrected chi connectivity index (χ0v) is 17.4. The van der Waals surface area contributed by atoms with Crippen LogP contribution in [-0.4, -0.2) is 23.9 Å². The Morgan fingerprint density at radius 3 is 2.33 bits per heavy atom. The number of piperidine rings is 1. The van der Waals surface area contributed by atoms with Crippen LogP contribution in [0.25, 0.3) is 0 Å². The lowest BCUT2D eigenvalue weighted by Gasteiger charge is -2.31. The first-order valence-corrected chi connectivity index (χ1v) is 10.2. The third-order valence-corrected chi connectivity index (χ3v) is 5.93. The Kier molecular flexibility index (Phi) is 6.80. The van der Waals surface area contributed by atoms with E-state index in [0.717, 1.165) is 43.7 Å². The Labute approximate surface area is 171 Å². The van der Waals surface area contributed by atoms with Crippen LogP contribution < -0.4 is 5.32 Å². The zero-order chi connectivity index (χ0) is 19.4. The summed E-state index contributed by atoms with van der Waals surface area (Å²) in [6.45, 7) is 6.98. The third kappa shape index (κ3) is 5.47. The van der Waals surface area contributed by atoms with Crippen LogP contribution in [0.15, 0.2) is 42.5 Å². The first-order chi connectivity index (χ1) is 12.9. The van der Waals surface area contributed by atoms with Crippen LogP contribution in [0.3, 0.4) is 0 Å². The summed E-state index contributed by atoms with van der Waals surface area (Å²) in [7, 11) is 0. The number of halogens is 2. The van der Waals surface area contributed by atoms with Gasteiger partial charge in [-0.1, -0.05) is 55.2 Å². The number of nitrogens with zero attached hydrogens (tertiary/aromatic N) is 1. The molecule has 144 valence electrons. The van der Waals surface area contributed by atoms with Crippen molar-refractivity contribution < 1.29 is 4.79 Å². The van der Waals surface area contributed by atoms with E-state index in [4.69, 9.17) is 23.2 Å². The minimum absolute atomic E-state index is 0.0693. The molecule has 1 heterocycles. The van der Waals surface area contributed by atoms with Crippen LogP contribution in [0.5, 0.6) is 0 Å². The Morgan fingerprint density at radius 2 is 1.74 bits per heavy atom. The van der Waals surface area contributed by atoms with Gasteiger partial charge in [-0.3, -0.25) is 9.69 Å². The quantitative estimate of drug-likeness (QED) is 0.665. The fourth-order valence-electron chi connectivity index (χ4n) is 3.45. The van der Waals surface area contributed by atoms with Gasteiger partial charge in [0.2, 0.25) is 5.91 Å². The number of hydrogen-bond donors (Lipinski definition) is 1. The monoisotopic (exact) mass is 404 g/mol. The first-order valence-electron chi connectivity index (χ1n) is 9.49. The number of nitrogens with one attached hydrogen (secondary N) is 1. The average Bonchev–Trinajstić information content (AvgIpc) is 2.66. The lowest BCUT2D eigenvalue weighted by Crippen LogP contribution is -2.37. The van der Waals surface area contributed by atoms with Crippen molar-refractivity contribution in [2.24, 2.45) is 5.92 Å². The van der Waals surface area contributed by atoms with Crippen LogP contribution >= 0.6 is 23.2 Å². The number of amides is 1. The van der Waals surface area contributed by atoms with Gasteiger partial charge in [0.1, 0.15) is 0 Å². The summed E-state index contributed by atoms with van der Waals surface area (Å²) < 4.78 is 0. The van der Waals surface area contributed by atoms with Crippen molar-refractivity contribution in [3.63, 3.8) is 0 Å². The van der Waals surface area contributed by atoms with Gasteiger partial charge >= 0.3 is 0 Å². The lowest BCUT2D eigenvalue weighted by molar-refractivity contribution is -0.121. The number of carbonyl (C=O) groups is 1. The van der Waals surface area contributed by atoms with Gasteiger partial charge in [0.05, 0.1) is 10.0 Å². The number of anilines is 1. The van der Waals surface area contributed by atoms with E-state index in [0.29, 0.717) is 16.0 Å². The second-order valence-electron chi connectivity index (χ2n) is 7.56. The summed E-state index contributed by atoms with van der Waals surface area (Å²) in [5.74, 6) is 0.691. The van der Waals surface area contributed by atoms with Gasteiger partial charge in [-0.25, -0.2) is 0 Å². The summed E-state index contributed by atoms with van der Waals surface area (Å²) in [6, 6.07) is 13.9. The third-order valence-electron chi connectivity index (χ3n) is 5.19. The Bertz CT molecular complexity index is 781. The molecule has 0 aliphatic carbocycles. The highest BCUT2D eigenvalue weighted by Crippen LogP contribution is 2.25. The average molecular weight is 405 g/mol. The molecule has 0 spiro atoms. The molecule has 0 atom stereocenters. The molecule has 0 aromatic heterocycles. The van der Waals surface area contributed by atoms with Crippen LogP contribution in [0.2, 0.25) is 10.0 Å². The maximum atomic E-state index is 12.6. The highest BCUT2D eigenvalue weighted by Gasteiger charge is 2.25. The topological polar surface area (TPSA) is 32.3 Å². The largest absolute Gasteiger partial charge is 0.326 e. The normalized spacial score (nSPS) is 15.9. The first kappa shape index (κ1) is 20.2. The van der Waals surface area contributed by atoms with Gasteiger partial charge in [-0.05, 0) is 67.2 Å². The number of rotatable bonds is 5. The van der Waals surface area contributed by atoms with Crippen molar-refractivity contribution in [2.75, 3.05) is 18.4 Å². The van der Waals surface area contributed by atoms with Gasteiger partial charge in [0, 0.05) is 18.2 Å². The Morgan fingerprint density at radius 1 is 1.07 bits per heavy atom. The van der Waals surface area contributed by atoms with Crippen molar-refractivity contribution in [1.82, 2.24) is 4.90 Å². The summed E-state index contributed by atoms with van der Waals surface area (Å²) in [4.78, 5) is 14.9. The molecule has 1 amide bonds. The summed E-state index contributed by atoms with van der Waals surface area (Å²) in [6.07, 6.45) is 1.74. The van der Waals surface area contributed by atoms with Gasteiger partial charge in [0.25, 0.3) is 0 Å². The SMILES string of the molecule is CC(C)c1ccc(NC(=O)C2CCN(Cc3ccc(Cl)c(Cl)c3)CC2)cc1. The fraction of sp³-hybridized carbons (Fsp3) is 0.409. The molecule has 2 aromatic rings. The van der Waals surface area contributed by atoms with Gasteiger partial charge < -0.3 is 5.32 Å². The number of carbonyl (C=O) groups excluding carboxylic acids is 1. The molecule has 3 rings (SSSR count). The standard InChI is InChI=1S/C22H26Cl2N2O/c1-15(2)17-4-6-19(7-5-17)25-22(27)18-9-11-26(12-10-18)14-16-3-8-20(23)21(24)13-16/h3-8,13,15,18H,9-12,14H2,1-2H3,(H,25,27). The van der Waals surface area contributed by atoms with Crippen molar-refractivity contribution >= 4 is 34.8 Å². The lowest BCUT2D eigenvalue weighted by atomic mass is 9.95. The molecule has 27 heavy (non-hydrogen) atoms. The van der Waals surface area contributed by atoms with Crippen LogP contribution in [-0.2, 0) is 11.3 Å². The van der Waals surface area contributed by atoms with E-state index >= 15 is 0 Å². The molecule has 0 unspecified atom stereocenters. The molecular formula is C22H26Cl2N2O. The van der Waals surface area contributed by atoms with Crippen LogP contribution in [0.4, 0.5) is 5.69 Å². The second kappa shape index (κ2) is 9.09. The molecule has 1 fully saturated rings. The molecule has 1 aliphatic heterocycles. The van der Waals surface area contributed by atoms with E-state index in [-0.39, 0.29) is 11.8 Å². The van der Waals surface area contributed by atoms with E-state index in [1.165, 1.54) is 5.56 Å². The highest BCUT2D eigenvalue weighted by atomic mass is 35.5. The van der Waals surface area contributed by atoms with E-state index in [9.17, 15) is 4.79 Å². The molecule has 1 aliphatic rings. The molecule has 1 saturated heterocycles. The van der Waals surface area contributed by atoms with Crippen molar-refractivity contribution in [1.29, 1.82) is 0 Å². The fourth-order valence-corrected chi connectivity index (χ4v) is 3.77.